The molecule has 0 aliphatic heterocycles. The SMILES string of the molecule is O=C(O)c1[nH]cc(-c2ccccc2)c1Br. The number of hydrogen-bond acceptors (Lipinski definition) is 1. The number of aromatic carboxylic acids is 1. The molecule has 0 atom stereocenters. The number of halogens is 1. The number of nitrogens with one attached hydrogen (secondary N) is 1. The zero-order valence-electron chi connectivity index (χ0n) is 7.70. The molecule has 1 aromatic heterocycles. The number of carboxylic acids is 1. The summed E-state index contributed by atoms with van der Waals surface area (Å²) < 4.78 is 0.584. The Balaban J connectivity index is 2.52. The molecule has 0 saturated carbocycles. The van der Waals surface area contributed by atoms with Crippen molar-refractivity contribution in [2.75, 3.05) is 0 Å². The summed E-state index contributed by atoms with van der Waals surface area (Å²) in [5.74, 6) is -0.968. The van der Waals surface area contributed by atoms with Crippen molar-refractivity contribution in [1.82, 2.24) is 4.98 Å². The highest BCUT2D eigenvalue weighted by molar-refractivity contribution is 9.10. The molecule has 0 aliphatic carbocycles. The van der Waals surface area contributed by atoms with Gasteiger partial charge in [-0.25, -0.2) is 4.79 Å². The Kier molecular flexibility index (Phi) is 2.60. The van der Waals surface area contributed by atoms with Crippen LogP contribution in [0.2, 0.25) is 0 Å². The average Bonchev–Trinajstić information content (AvgIpc) is 2.61. The first-order valence-electron chi connectivity index (χ1n) is 4.35. The van der Waals surface area contributed by atoms with E-state index in [1.54, 1.807) is 6.20 Å². The Morgan fingerprint density at radius 2 is 1.93 bits per heavy atom. The third-order valence-electron chi connectivity index (χ3n) is 2.12. The van der Waals surface area contributed by atoms with Gasteiger partial charge in [0, 0.05) is 11.8 Å². The van der Waals surface area contributed by atoms with E-state index in [9.17, 15) is 4.79 Å². The molecule has 4 heteroatoms. The fraction of sp³-hybridized carbons (Fsp3) is 0. The molecule has 0 radical (unpaired) electrons. The fourth-order valence-corrected chi connectivity index (χ4v) is 2.02. The number of rotatable bonds is 2. The van der Waals surface area contributed by atoms with Crippen molar-refractivity contribution in [2.45, 2.75) is 0 Å². The lowest BCUT2D eigenvalue weighted by atomic mass is 10.1. The molecule has 0 aliphatic rings. The first kappa shape index (κ1) is 9.98. The Morgan fingerprint density at radius 1 is 1.27 bits per heavy atom. The second-order valence-electron chi connectivity index (χ2n) is 3.06. The van der Waals surface area contributed by atoms with Gasteiger partial charge in [-0.05, 0) is 21.5 Å². The minimum Gasteiger partial charge on any atom is -0.477 e. The van der Waals surface area contributed by atoms with Gasteiger partial charge in [-0.15, -0.1) is 0 Å². The number of aromatic nitrogens is 1. The quantitative estimate of drug-likeness (QED) is 0.877. The van der Waals surface area contributed by atoms with Crippen molar-refractivity contribution in [2.24, 2.45) is 0 Å². The van der Waals surface area contributed by atoms with E-state index in [1.165, 1.54) is 0 Å². The molecule has 1 aromatic carbocycles. The number of carboxylic acid groups (broad SMARTS) is 1. The zero-order chi connectivity index (χ0) is 10.8. The molecule has 0 bridgehead atoms. The lowest BCUT2D eigenvalue weighted by molar-refractivity contribution is 0.0690. The normalized spacial score (nSPS) is 10.2. The molecular formula is C11H8BrNO2. The van der Waals surface area contributed by atoms with Crippen molar-refractivity contribution in [3.05, 3.63) is 46.7 Å². The molecule has 2 aromatic rings. The topological polar surface area (TPSA) is 53.1 Å². The number of carbonyl (C=O) groups is 1. The standard InChI is InChI=1S/C11H8BrNO2/c12-9-8(6-13-10(9)11(14)15)7-4-2-1-3-5-7/h1-6,13H,(H,14,15). The van der Waals surface area contributed by atoms with E-state index in [2.05, 4.69) is 20.9 Å². The van der Waals surface area contributed by atoms with Gasteiger partial charge in [-0.1, -0.05) is 30.3 Å². The van der Waals surface area contributed by atoms with Gasteiger partial charge in [-0.3, -0.25) is 0 Å². The van der Waals surface area contributed by atoms with E-state index in [4.69, 9.17) is 5.11 Å². The second-order valence-corrected chi connectivity index (χ2v) is 3.86. The molecule has 1 heterocycles. The maximum absolute atomic E-state index is 10.8. The van der Waals surface area contributed by atoms with Crippen molar-refractivity contribution in [1.29, 1.82) is 0 Å². The lowest BCUT2D eigenvalue weighted by Crippen LogP contribution is -1.96. The highest BCUT2D eigenvalue weighted by Gasteiger charge is 2.14. The van der Waals surface area contributed by atoms with Crippen LogP contribution in [0.25, 0.3) is 11.1 Å². The van der Waals surface area contributed by atoms with Crippen molar-refractivity contribution in [3.8, 4) is 11.1 Å². The summed E-state index contributed by atoms with van der Waals surface area (Å²) in [5.41, 5.74) is 2.01. The second kappa shape index (κ2) is 3.90. The van der Waals surface area contributed by atoms with Crippen molar-refractivity contribution < 1.29 is 9.90 Å². The Bertz CT molecular complexity index is 491. The van der Waals surface area contributed by atoms with Crippen LogP contribution in [-0.2, 0) is 0 Å². The van der Waals surface area contributed by atoms with E-state index in [0.29, 0.717) is 4.47 Å². The molecule has 0 unspecified atom stereocenters. The molecule has 0 saturated heterocycles. The van der Waals surface area contributed by atoms with Gasteiger partial charge in [0.2, 0.25) is 0 Å². The van der Waals surface area contributed by atoms with Gasteiger partial charge in [-0.2, -0.15) is 0 Å². The number of aromatic amines is 1. The van der Waals surface area contributed by atoms with Gasteiger partial charge in [0.25, 0.3) is 0 Å². The van der Waals surface area contributed by atoms with Crippen LogP contribution < -0.4 is 0 Å². The minimum absolute atomic E-state index is 0.175. The predicted octanol–water partition coefficient (Wildman–Crippen LogP) is 3.14. The summed E-state index contributed by atoms with van der Waals surface area (Å²) in [6, 6.07) is 9.60. The van der Waals surface area contributed by atoms with Crippen LogP contribution >= 0.6 is 15.9 Å². The Hall–Kier alpha value is -1.55. The largest absolute Gasteiger partial charge is 0.477 e. The monoisotopic (exact) mass is 265 g/mol. The number of benzene rings is 1. The van der Waals surface area contributed by atoms with Crippen LogP contribution in [0, 0.1) is 0 Å². The van der Waals surface area contributed by atoms with E-state index < -0.39 is 5.97 Å². The first-order valence-corrected chi connectivity index (χ1v) is 5.15. The zero-order valence-corrected chi connectivity index (χ0v) is 9.28. The molecule has 0 spiro atoms. The summed E-state index contributed by atoms with van der Waals surface area (Å²) in [7, 11) is 0. The van der Waals surface area contributed by atoms with E-state index >= 15 is 0 Å². The fourth-order valence-electron chi connectivity index (χ4n) is 1.39. The highest BCUT2D eigenvalue weighted by atomic mass is 79.9. The van der Waals surface area contributed by atoms with Gasteiger partial charge in [0.15, 0.2) is 0 Å². The van der Waals surface area contributed by atoms with Crippen molar-refractivity contribution in [3.63, 3.8) is 0 Å². The molecule has 2 N–H and O–H groups in total. The predicted molar refractivity (Wildman–Crippen MR) is 60.9 cm³/mol. The smallest absolute Gasteiger partial charge is 0.353 e. The van der Waals surface area contributed by atoms with Gasteiger partial charge in [0.1, 0.15) is 5.69 Å². The molecule has 3 nitrogen and oxygen atoms in total. The summed E-state index contributed by atoms with van der Waals surface area (Å²) in [6.45, 7) is 0. The van der Waals surface area contributed by atoms with Crippen LogP contribution in [0.4, 0.5) is 0 Å². The Morgan fingerprint density at radius 3 is 2.47 bits per heavy atom. The molecule has 2 rings (SSSR count). The van der Waals surface area contributed by atoms with Crippen LogP contribution in [0.15, 0.2) is 41.0 Å². The molecule has 0 fully saturated rings. The maximum Gasteiger partial charge on any atom is 0.353 e. The average molecular weight is 266 g/mol. The molecule has 76 valence electrons. The highest BCUT2D eigenvalue weighted by Crippen LogP contribution is 2.30. The minimum atomic E-state index is -0.968. The first-order chi connectivity index (χ1) is 7.20. The summed E-state index contributed by atoms with van der Waals surface area (Å²) in [4.78, 5) is 13.5. The lowest BCUT2D eigenvalue weighted by Gasteiger charge is -1.98. The third kappa shape index (κ3) is 1.80. The maximum atomic E-state index is 10.8. The number of H-pyrrole nitrogens is 1. The van der Waals surface area contributed by atoms with E-state index in [0.717, 1.165) is 11.1 Å². The van der Waals surface area contributed by atoms with Crippen LogP contribution in [0.3, 0.4) is 0 Å². The molecule has 0 amide bonds. The van der Waals surface area contributed by atoms with E-state index in [1.807, 2.05) is 30.3 Å². The molecular weight excluding hydrogens is 258 g/mol. The van der Waals surface area contributed by atoms with Gasteiger partial charge < -0.3 is 10.1 Å². The summed E-state index contributed by atoms with van der Waals surface area (Å²) >= 11 is 3.28. The van der Waals surface area contributed by atoms with Gasteiger partial charge in [0.05, 0.1) is 4.47 Å². The van der Waals surface area contributed by atoms with E-state index in [-0.39, 0.29) is 5.69 Å². The van der Waals surface area contributed by atoms with Crippen LogP contribution in [-0.4, -0.2) is 16.1 Å². The number of hydrogen-bond donors (Lipinski definition) is 2. The van der Waals surface area contributed by atoms with Crippen molar-refractivity contribution >= 4 is 21.9 Å². The van der Waals surface area contributed by atoms with Gasteiger partial charge >= 0.3 is 5.97 Å². The molecule has 15 heavy (non-hydrogen) atoms. The Labute approximate surface area is 94.9 Å². The summed E-state index contributed by atoms with van der Waals surface area (Å²) in [6.07, 6.45) is 1.68. The van der Waals surface area contributed by atoms with Crippen LogP contribution in [0.1, 0.15) is 10.5 Å². The van der Waals surface area contributed by atoms with Crippen LogP contribution in [0.5, 0.6) is 0 Å². The summed E-state index contributed by atoms with van der Waals surface area (Å²) in [5, 5.41) is 8.86. The third-order valence-corrected chi connectivity index (χ3v) is 2.94.